The molecule has 0 unspecified atom stereocenters. The molecular formula is C29H35ClN4O5S. The fraction of sp³-hybridized carbons (Fsp3) is 0.448. The van der Waals surface area contributed by atoms with Crippen molar-refractivity contribution in [1.82, 2.24) is 20.3 Å². The van der Waals surface area contributed by atoms with Crippen molar-refractivity contribution in [3.05, 3.63) is 70.0 Å². The van der Waals surface area contributed by atoms with E-state index in [2.05, 4.69) is 16.0 Å². The van der Waals surface area contributed by atoms with E-state index < -0.39 is 27.9 Å². The number of carbonyl (C=O) groups is 2. The van der Waals surface area contributed by atoms with Gasteiger partial charge >= 0.3 is 0 Å². The number of sulfonamides is 1. The van der Waals surface area contributed by atoms with Crippen LogP contribution in [0.4, 0.5) is 0 Å². The Bertz CT molecular complexity index is 1440. The average molecular weight is 587 g/mol. The van der Waals surface area contributed by atoms with Gasteiger partial charge in [0.15, 0.2) is 0 Å². The maximum atomic E-state index is 13.6. The molecule has 0 bridgehead atoms. The zero-order valence-electron chi connectivity index (χ0n) is 22.7. The Kier molecular flexibility index (Phi) is 8.39. The van der Waals surface area contributed by atoms with E-state index in [1.165, 1.54) is 44.1 Å². The van der Waals surface area contributed by atoms with Crippen molar-refractivity contribution in [2.45, 2.75) is 81.9 Å². The van der Waals surface area contributed by atoms with Gasteiger partial charge in [0.05, 0.1) is 24.0 Å². The highest BCUT2D eigenvalue weighted by atomic mass is 35.5. The normalized spacial score (nSPS) is 21.1. The molecule has 0 aromatic heterocycles. The Labute approximate surface area is 240 Å². The molecule has 1 saturated carbocycles. The minimum Gasteiger partial charge on any atom is -0.493 e. The second-order valence-electron chi connectivity index (χ2n) is 10.7. The molecule has 2 heterocycles. The van der Waals surface area contributed by atoms with Crippen LogP contribution in [0.15, 0.2) is 47.6 Å². The Morgan fingerprint density at radius 2 is 1.90 bits per heavy atom. The first-order chi connectivity index (χ1) is 19.1. The smallest absolute Gasteiger partial charge is 0.264 e. The van der Waals surface area contributed by atoms with Crippen LogP contribution in [-0.4, -0.2) is 43.2 Å². The summed E-state index contributed by atoms with van der Waals surface area (Å²) in [4.78, 5) is 26.1. The summed E-state index contributed by atoms with van der Waals surface area (Å²) in [5.74, 6) is -0.265. The molecule has 1 aliphatic carbocycles. The Morgan fingerprint density at radius 1 is 1.12 bits per heavy atom. The zero-order valence-corrected chi connectivity index (χ0v) is 24.3. The van der Waals surface area contributed by atoms with Crippen LogP contribution in [-0.2, 0) is 26.2 Å². The molecule has 0 radical (unpaired) electrons. The van der Waals surface area contributed by atoms with Gasteiger partial charge in [0, 0.05) is 42.0 Å². The van der Waals surface area contributed by atoms with Gasteiger partial charge < -0.3 is 20.7 Å². The number of aryl methyl sites for hydroxylation is 2. The molecule has 0 saturated heterocycles. The number of nitrogens with zero attached hydrogens (tertiary/aromatic N) is 1. The van der Waals surface area contributed by atoms with Crippen molar-refractivity contribution in [3.8, 4) is 5.75 Å². The van der Waals surface area contributed by atoms with Gasteiger partial charge in [0.25, 0.3) is 10.0 Å². The standard InChI is InChI=1S/C29H35ClN4O5S/c1-18-14-27(19(2)13-23(18)30)40(37,38)34-11-10-31-29(36)25(34)16-28(35)33-24-9-12-39-26-15-20(7-8-22(24)26)17-32-21-5-3-4-6-21/h7-8,10-11,13-15,21,24-25,32H,3-6,9,12,16-17H2,1-2H3,(H,31,36)(H,33,35)/t24-,25-/m1/s1. The van der Waals surface area contributed by atoms with Crippen LogP contribution in [0.5, 0.6) is 5.75 Å². The molecule has 11 heteroatoms. The molecule has 5 rings (SSSR count). The molecule has 9 nitrogen and oxygen atoms in total. The summed E-state index contributed by atoms with van der Waals surface area (Å²) in [5, 5.41) is 9.59. The van der Waals surface area contributed by atoms with Gasteiger partial charge in [-0.2, -0.15) is 0 Å². The lowest BCUT2D eigenvalue weighted by molar-refractivity contribution is -0.129. The minimum atomic E-state index is -4.14. The summed E-state index contributed by atoms with van der Waals surface area (Å²) >= 11 is 6.17. The number of carbonyl (C=O) groups excluding carboxylic acids is 2. The molecule has 2 aromatic carbocycles. The summed E-state index contributed by atoms with van der Waals surface area (Å²) in [6.45, 7) is 4.57. The molecule has 40 heavy (non-hydrogen) atoms. The summed E-state index contributed by atoms with van der Waals surface area (Å²) in [7, 11) is -4.14. The fourth-order valence-electron chi connectivity index (χ4n) is 5.60. The van der Waals surface area contributed by atoms with E-state index in [1.807, 2.05) is 18.2 Å². The largest absolute Gasteiger partial charge is 0.493 e. The zero-order chi connectivity index (χ0) is 28.4. The second-order valence-corrected chi connectivity index (χ2v) is 13.0. The molecule has 3 N–H and O–H groups in total. The number of rotatable bonds is 8. The van der Waals surface area contributed by atoms with Crippen LogP contribution in [0.1, 0.15) is 66.8 Å². The van der Waals surface area contributed by atoms with Crippen molar-refractivity contribution in [2.75, 3.05) is 6.61 Å². The van der Waals surface area contributed by atoms with Gasteiger partial charge in [-0.3, -0.25) is 13.9 Å². The third kappa shape index (κ3) is 5.99. The van der Waals surface area contributed by atoms with Crippen LogP contribution in [0, 0.1) is 13.8 Å². The van der Waals surface area contributed by atoms with Crippen LogP contribution < -0.4 is 20.7 Å². The SMILES string of the molecule is Cc1cc(S(=O)(=O)N2C=CNC(=O)[C@H]2CC(=O)N[C@@H]2CCOc3cc(CNC4CCCC4)ccc32)c(C)cc1Cl. The van der Waals surface area contributed by atoms with E-state index in [0.29, 0.717) is 35.2 Å². The predicted octanol–water partition coefficient (Wildman–Crippen LogP) is 3.98. The van der Waals surface area contributed by atoms with Gasteiger partial charge in [0.2, 0.25) is 11.8 Å². The molecule has 2 aliphatic heterocycles. The van der Waals surface area contributed by atoms with Crippen molar-refractivity contribution >= 4 is 33.4 Å². The highest BCUT2D eigenvalue weighted by Crippen LogP contribution is 2.34. The van der Waals surface area contributed by atoms with E-state index in [4.69, 9.17) is 16.3 Å². The van der Waals surface area contributed by atoms with Gasteiger partial charge in [-0.05, 0) is 61.6 Å². The van der Waals surface area contributed by atoms with Crippen LogP contribution in [0.25, 0.3) is 0 Å². The third-order valence-corrected chi connectivity index (χ3v) is 10.2. The maximum Gasteiger partial charge on any atom is 0.264 e. The second kappa shape index (κ2) is 11.8. The van der Waals surface area contributed by atoms with Crippen molar-refractivity contribution in [2.24, 2.45) is 0 Å². The molecule has 1 fully saturated rings. The summed E-state index contributed by atoms with van der Waals surface area (Å²) in [6.07, 6.45) is 7.75. The molecule has 2 amide bonds. The van der Waals surface area contributed by atoms with Gasteiger partial charge in [-0.25, -0.2) is 8.42 Å². The number of ether oxygens (including phenoxy) is 1. The first-order valence-electron chi connectivity index (χ1n) is 13.7. The third-order valence-electron chi connectivity index (χ3n) is 7.85. The Morgan fingerprint density at radius 3 is 2.67 bits per heavy atom. The van der Waals surface area contributed by atoms with Gasteiger partial charge in [-0.15, -0.1) is 0 Å². The number of halogens is 1. The molecule has 2 atom stereocenters. The van der Waals surface area contributed by atoms with Crippen LogP contribution in [0.3, 0.4) is 0 Å². The lowest BCUT2D eigenvalue weighted by atomic mass is 9.98. The number of nitrogens with one attached hydrogen (secondary N) is 3. The molecule has 0 spiro atoms. The number of benzene rings is 2. The monoisotopic (exact) mass is 586 g/mol. The molecule has 3 aliphatic rings. The van der Waals surface area contributed by atoms with Crippen molar-refractivity contribution in [1.29, 1.82) is 0 Å². The van der Waals surface area contributed by atoms with Gasteiger partial charge in [-0.1, -0.05) is 36.6 Å². The Hall–Kier alpha value is -3.08. The lowest BCUT2D eigenvalue weighted by Gasteiger charge is -2.32. The topological polar surface area (TPSA) is 117 Å². The quantitative estimate of drug-likeness (QED) is 0.431. The molecule has 2 aromatic rings. The number of amides is 2. The fourth-order valence-corrected chi connectivity index (χ4v) is 7.56. The summed E-state index contributed by atoms with van der Waals surface area (Å²) in [5.41, 5.74) is 3.04. The number of hydrogen-bond acceptors (Lipinski definition) is 6. The highest BCUT2D eigenvalue weighted by Gasteiger charge is 2.38. The predicted molar refractivity (Wildman–Crippen MR) is 152 cm³/mol. The van der Waals surface area contributed by atoms with Crippen LogP contribution >= 0.6 is 11.6 Å². The lowest BCUT2D eigenvalue weighted by Crippen LogP contribution is -2.51. The Balaban J connectivity index is 1.29. The van der Waals surface area contributed by atoms with Gasteiger partial charge in [0.1, 0.15) is 11.8 Å². The first-order valence-corrected chi connectivity index (χ1v) is 15.5. The number of hydrogen-bond donors (Lipinski definition) is 3. The van der Waals surface area contributed by atoms with E-state index >= 15 is 0 Å². The van der Waals surface area contributed by atoms with E-state index in [1.54, 1.807) is 19.9 Å². The average Bonchev–Trinajstić information content (AvgIpc) is 3.44. The van der Waals surface area contributed by atoms with E-state index in [9.17, 15) is 18.0 Å². The minimum absolute atomic E-state index is 0.0377. The summed E-state index contributed by atoms with van der Waals surface area (Å²) < 4.78 is 34.1. The highest BCUT2D eigenvalue weighted by molar-refractivity contribution is 7.89. The van der Waals surface area contributed by atoms with Crippen molar-refractivity contribution < 1.29 is 22.7 Å². The number of fused-ring (bicyclic) bond motifs is 1. The van der Waals surface area contributed by atoms with Crippen molar-refractivity contribution in [3.63, 3.8) is 0 Å². The molecule has 214 valence electrons. The van der Waals surface area contributed by atoms with Crippen LogP contribution in [0.2, 0.25) is 5.02 Å². The summed E-state index contributed by atoms with van der Waals surface area (Å²) in [6, 6.07) is 8.11. The maximum absolute atomic E-state index is 13.6. The molecular weight excluding hydrogens is 552 g/mol. The van der Waals surface area contributed by atoms with E-state index in [0.717, 1.165) is 27.7 Å². The first kappa shape index (κ1) is 28.4. The van der Waals surface area contributed by atoms with E-state index in [-0.39, 0.29) is 17.4 Å².